The lowest BCUT2D eigenvalue weighted by molar-refractivity contribution is -0.125. The summed E-state index contributed by atoms with van der Waals surface area (Å²) in [5.41, 5.74) is 0.927. The van der Waals surface area contributed by atoms with Gasteiger partial charge in [-0.2, -0.15) is 0 Å². The first kappa shape index (κ1) is 14.3. The molecule has 4 nitrogen and oxygen atoms in total. The highest BCUT2D eigenvalue weighted by molar-refractivity contribution is 6.31. The molecule has 104 valence electrons. The summed E-state index contributed by atoms with van der Waals surface area (Å²) in [7, 11) is 0. The molecule has 1 aromatic carbocycles. The molecule has 1 aromatic rings. The molecule has 0 bridgehead atoms. The topological polar surface area (TPSA) is 50.4 Å². The van der Waals surface area contributed by atoms with Crippen molar-refractivity contribution in [2.45, 2.75) is 19.5 Å². The number of nitrogens with one attached hydrogen (secondary N) is 2. The van der Waals surface area contributed by atoms with E-state index in [0.29, 0.717) is 24.8 Å². The summed E-state index contributed by atoms with van der Waals surface area (Å²) in [5, 5.41) is 6.87. The van der Waals surface area contributed by atoms with E-state index in [2.05, 4.69) is 10.6 Å². The zero-order valence-corrected chi connectivity index (χ0v) is 11.7. The fourth-order valence-corrected chi connectivity index (χ4v) is 2.43. The molecule has 1 aliphatic rings. The van der Waals surface area contributed by atoms with E-state index < -0.39 is 0 Å². The van der Waals surface area contributed by atoms with Crippen LogP contribution in [0.5, 0.6) is 0 Å². The van der Waals surface area contributed by atoms with Gasteiger partial charge in [0.2, 0.25) is 5.91 Å². The van der Waals surface area contributed by atoms with Gasteiger partial charge >= 0.3 is 0 Å². The molecule has 0 spiro atoms. The minimum Gasteiger partial charge on any atom is -0.379 e. The van der Waals surface area contributed by atoms with Crippen LogP contribution in [0.1, 0.15) is 12.5 Å². The van der Waals surface area contributed by atoms with E-state index >= 15 is 0 Å². The van der Waals surface area contributed by atoms with Gasteiger partial charge in [0, 0.05) is 17.6 Å². The standard InChI is InChI=1S/C14H19ClN2O2/c1-2-16-13-9-19-8-11(13)14(18)17-7-10-5-3-4-6-12(10)15/h3-6,11,13,16H,2,7-9H2,1H3,(H,17,18). The van der Waals surface area contributed by atoms with Crippen molar-refractivity contribution in [2.24, 2.45) is 5.92 Å². The van der Waals surface area contributed by atoms with Gasteiger partial charge < -0.3 is 15.4 Å². The molecular formula is C14H19ClN2O2. The van der Waals surface area contributed by atoms with Crippen LogP contribution in [0.25, 0.3) is 0 Å². The average Bonchev–Trinajstić information content (AvgIpc) is 2.86. The minimum absolute atomic E-state index is 0.0170. The zero-order valence-electron chi connectivity index (χ0n) is 11.0. The summed E-state index contributed by atoms with van der Waals surface area (Å²) in [6.45, 7) is 4.39. The Morgan fingerprint density at radius 2 is 2.21 bits per heavy atom. The number of hydrogen-bond acceptors (Lipinski definition) is 3. The summed E-state index contributed by atoms with van der Waals surface area (Å²) < 4.78 is 5.37. The van der Waals surface area contributed by atoms with Crippen LogP contribution in [-0.4, -0.2) is 31.7 Å². The van der Waals surface area contributed by atoms with Crippen LogP contribution in [0.15, 0.2) is 24.3 Å². The minimum atomic E-state index is -0.123. The Kier molecular flexibility index (Phi) is 5.19. The van der Waals surface area contributed by atoms with Gasteiger partial charge in [-0.3, -0.25) is 4.79 Å². The Labute approximate surface area is 118 Å². The predicted octanol–water partition coefficient (Wildman–Crippen LogP) is 1.58. The monoisotopic (exact) mass is 282 g/mol. The van der Waals surface area contributed by atoms with Gasteiger partial charge in [0.05, 0.1) is 19.1 Å². The molecule has 0 saturated carbocycles. The maximum absolute atomic E-state index is 12.1. The van der Waals surface area contributed by atoms with Gasteiger partial charge in [-0.1, -0.05) is 36.7 Å². The fourth-order valence-electron chi connectivity index (χ4n) is 2.23. The maximum Gasteiger partial charge on any atom is 0.227 e. The van der Waals surface area contributed by atoms with Crippen molar-refractivity contribution in [3.05, 3.63) is 34.9 Å². The number of carbonyl (C=O) groups excluding carboxylic acids is 1. The highest BCUT2D eigenvalue weighted by Gasteiger charge is 2.33. The Balaban J connectivity index is 1.89. The first-order chi connectivity index (χ1) is 9.22. The van der Waals surface area contributed by atoms with Gasteiger partial charge in [-0.25, -0.2) is 0 Å². The van der Waals surface area contributed by atoms with Crippen molar-refractivity contribution < 1.29 is 9.53 Å². The third-order valence-corrected chi connectivity index (χ3v) is 3.66. The smallest absolute Gasteiger partial charge is 0.227 e. The number of rotatable bonds is 5. The van der Waals surface area contributed by atoms with Crippen LogP contribution in [0.4, 0.5) is 0 Å². The zero-order chi connectivity index (χ0) is 13.7. The van der Waals surface area contributed by atoms with Crippen LogP contribution < -0.4 is 10.6 Å². The largest absolute Gasteiger partial charge is 0.379 e. The fraction of sp³-hybridized carbons (Fsp3) is 0.500. The second-order valence-electron chi connectivity index (χ2n) is 4.62. The highest BCUT2D eigenvalue weighted by Crippen LogP contribution is 2.16. The molecule has 1 aliphatic heterocycles. The average molecular weight is 283 g/mol. The van der Waals surface area contributed by atoms with Gasteiger partial charge in [0.1, 0.15) is 0 Å². The summed E-state index contributed by atoms with van der Waals surface area (Å²) in [6.07, 6.45) is 0. The van der Waals surface area contributed by atoms with E-state index in [-0.39, 0.29) is 17.9 Å². The normalized spacial score (nSPS) is 22.4. The molecule has 5 heteroatoms. The lowest BCUT2D eigenvalue weighted by Crippen LogP contribution is -2.43. The third kappa shape index (κ3) is 3.69. The number of likely N-dealkylation sites (N-methyl/N-ethyl adjacent to an activating group) is 1. The number of hydrogen-bond donors (Lipinski definition) is 2. The van der Waals surface area contributed by atoms with Crippen molar-refractivity contribution >= 4 is 17.5 Å². The number of amides is 1. The summed E-state index contributed by atoms with van der Waals surface area (Å²) >= 11 is 6.06. The summed E-state index contributed by atoms with van der Waals surface area (Å²) in [5.74, 6) is -0.106. The molecule has 1 saturated heterocycles. The second-order valence-corrected chi connectivity index (χ2v) is 5.02. The van der Waals surface area contributed by atoms with E-state index in [1.165, 1.54) is 0 Å². The van der Waals surface area contributed by atoms with E-state index in [9.17, 15) is 4.79 Å². The van der Waals surface area contributed by atoms with Gasteiger partial charge in [0.25, 0.3) is 0 Å². The SMILES string of the molecule is CCNC1COCC1C(=O)NCc1ccccc1Cl. The molecule has 0 aliphatic carbocycles. The first-order valence-corrected chi connectivity index (χ1v) is 6.92. The summed E-state index contributed by atoms with van der Waals surface area (Å²) in [4.78, 5) is 12.1. The molecule has 1 fully saturated rings. The molecule has 0 radical (unpaired) electrons. The van der Waals surface area contributed by atoms with Gasteiger partial charge in [-0.15, -0.1) is 0 Å². The third-order valence-electron chi connectivity index (χ3n) is 3.29. The Bertz CT molecular complexity index is 439. The number of halogens is 1. The van der Waals surface area contributed by atoms with Crippen LogP contribution in [0.3, 0.4) is 0 Å². The van der Waals surface area contributed by atoms with Crippen molar-refractivity contribution in [3.63, 3.8) is 0 Å². The van der Waals surface area contributed by atoms with Gasteiger partial charge in [-0.05, 0) is 18.2 Å². The first-order valence-electron chi connectivity index (χ1n) is 6.54. The number of benzene rings is 1. The lowest BCUT2D eigenvalue weighted by Gasteiger charge is -2.18. The molecule has 2 rings (SSSR count). The molecule has 2 unspecified atom stereocenters. The quantitative estimate of drug-likeness (QED) is 0.862. The Morgan fingerprint density at radius 1 is 1.42 bits per heavy atom. The second kappa shape index (κ2) is 6.89. The van der Waals surface area contributed by atoms with E-state index in [1.54, 1.807) is 0 Å². The lowest BCUT2D eigenvalue weighted by atomic mass is 10.0. The number of carbonyl (C=O) groups is 1. The molecule has 0 aromatic heterocycles. The molecule has 1 amide bonds. The van der Waals surface area contributed by atoms with Gasteiger partial charge in [0.15, 0.2) is 0 Å². The molecule has 19 heavy (non-hydrogen) atoms. The molecule has 2 atom stereocenters. The van der Waals surface area contributed by atoms with Crippen molar-refractivity contribution in [3.8, 4) is 0 Å². The Hall–Kier alpha value is -1.10. The van der Waals surface area contributed by atoms with Crippen LogP contribution in [0, 0.1) is 5.92 Å². The van der Waals surface area contributed by atoms with Crippen molar-refractivity contribution in [1.29, 1.82) is 0 Å². The highest BCUT2D eigenvalue weighted by atomic mass is 35.5. The van der Waals surface area contributed by atoms with Crippen molar-refractivity contribution in [1.82, 2.24) is 10.6 Å². The van der Waals surface area contributed by atoms with Crippen LogP contribution >= 0.6 is 11.6 Å². The summed E-state index contributed by atoms with van der Waals surface area (Å²) in [6, 6.07) is 7.63. The molecule has 1 heterocycles. The van der Waals surface area contributed by atoms with Crippen molar-refractivity contribution in [2.75, 3.05) is 19.8 Å². The predicted molar refractivity (Wildman–Crippen MR) is 75.1 cm³/mol. The van der Waals surface area contributed by atoms with Crippen LogP contribution in [-0.2, 0) is 16.1 Å². The maximum atomic E-state index is 12.1. The van der Waals surface area contributed by atoms with E-state index in [1.807, 2.05) is 31.2 Å². The van der Waals surface area contributed by atoms with Crippen LogP contribution in [0.2, 0.25) is 5.02 Å². The van der Waals surface area contributed by atoms with E-state index in [4.69, 9.17) is 16.3 Å². The molecular weight excluding hydrogens is 264 g/mol. The number of ether oxygens (including phenoxy) is 1. The van der Waals surface area contributed by atoms with E-state index in [0.717, 1.165) is 12.1 Å². The molecule has 2 N–H and O–H groups in total. The Morgan fingerprint density at radius 3 is 2.95 bits per heavy atom.